The van der Waals surface area contributed by atoms with Crippen molar-refractivity contribution in [2.24, 2.45) is 0 Å². The number of hydrogen-bond acceptors (Lipinski definition) is 2. The number of benzene rings is 1. The van der Waals surface area contributed by atoms with Crippen LogP contribution in [-0.4, -0.2) is 8.42 Å². The molecule has 0 bridgehead atoms. The summed E-state index contributed by atoms with van der Waals surface area (Å²) in [6, 6.07) is 3.49. The van der Waals surface area contributed by atoms with Gasteiger partial charge in [-0.25, -0.2) is 12.8 Å². The molecule has 13 heavy (non-hydrogen) atoms. The number of sulfonamides is 1. The lowest BCUT2D eigenvalue weighted by molar-refractivity contribution is 0.595. The van der Waals surface area contributed by atoms with Crippen molar-refractivity contribution in [2.75, 3.05) is 0 Å². The number of rotatable bonds is 2. The van der Waals surface area contributed by atoms with Crippen LogP contribution in [-0.2, 0) is 10.0 Å². The lowest BCUT2D eigenvalue weighted by Crippen LogP contribution is -1.96. The van der Waals surface area contributed by atoms with Crippen LogP contribution in [0.2, 0.25) is 0 Å². The molecule has 6 heteroatoms. The lowest BCUT2D eigenvalue weighted by Gasteiger charge is -2.11. The van der Waals surface area contributed by atoms with Crippen molar-refractivity contribution in [3.8, 4) is 0 Å². The van der Waals surface area contributed by atoms with E-state index < -0.39 is 15.8 Å². The second-order valence-electron chi connectivity index (χ2n) is 2.46. The van der Waals surface area contributed by atoms with Crippen molar-refractivity contribution in [1.29, 1.82) is 0 Å². The Kier molecular flexibility index (Phi) is 2.90. The molecule has 0 heterocycles. The standard InChI is InChI=1S/C7H6ClFNO2S/c1-5-2-3-6(4-7(5)9)13(11,12)10-8/h2-4H,1H3/q-1. The first-order valence-electron chi connectivity index (χ1n) is 3.32. The highest BCUT2D eigenvalue weighted by Crippen LogP contribution is 2.20. The van der Waals surface area contributed by atoms with Crippen LogP contribution in [0.25, 0.3) is 4.24 Å². The zero-order valence-electron chi connectivity index (χ0n) is 6.66. The summed E-state index contributed by atoms with van der Waals surface area (Å²) in [4.78, 5) is -0.245. The zero-order chi connectivity index (χ0) is 10.1. The molecule has 0 amide bonds. The molecule has 1 aromatic rings. The zero-order valence-corrected chi connectivity index (χ0v) is 8.23. The molecule has 0 saturated carbocycles. The van der Waals surface area contributed by atoms with Crippen LogP contribution < -0.4 is 0 Å². The summed E-state index contributed by atoms with van der Waals surface area (Å²) in [6.07, 6.45) is 0. The third-order valence-corrected chi connectivity index (χ3v) is 3.11. The number of aryl methyl sites for hydroxylation is 1. The van der Waals surface area contributed by atoms with Crippen LogP contribution in [0, 0.1) is 12.7 Å². The molecule has 72 valence electrons. The van der Waals surface area contributed by atoms with E-state index in [4.69, 9.17) is 11.8 Å². The van der Waals surface area contributed by atoms with E-state index in [2.05, 4.69) is 4.24 Å². The van der Waals surface area contributed by atoms with Gasteiger partial charge in [0.15, 0.2) is 0 Å². The molecule has 0 radical (unpaired) electrons. The first kappa shape index (κ1) is 10.4. The first-order chi connectivity index (χ1) is 5.97. The third-order valence-electron chi connectivity index (χ3n) is 1.53. The number of nitrogens with zero attached hydrogens (tertiary/aromatic N) is 1. The molecule has 1 aromatic carbocycles. The van der Waals surface area contributed by atoms with Gasteiger partial charge in [0.1, 0.15) is 15.8 Å². The fourth-order valence-electron chi connectivity index (χ4n) is 0.774. The van der Waals surface area contributed by atoms with Gasteiger partial charge in [-0.2, -0.15) is 0 Å². The van der Waals surface area contributed by atoms with Crippen molar-refractivity contribution in [3.63, 3.8) is 0 Å². The highest BCUT2D eigenvalue weighted by molar-refractivity contribution is 7.95. The third kappa shape index (κ3) is 2.18. The minimum Gasteiger partial charge on any atom is -0.458 e. The summed E-state index contributed by atoms with van der Waals surface area (Å²) in [5.74, 6) is -0.596. The van der Waals surface area contributed by atoms with Crippen LogP contribution in [0.15, 0.2) is 23.1 Å². The molecule has 0 aliphatic heterocycles. The topological polar surface area (TPSA) is 48.2 Å². The summed E-state index contributed by atoms with van der Waals surface area (Å²) in [7, 11) is -3.89. The summed E-state index contributed by atoms with van der Waals surface area (Å²) in [6.45, 7) is 1.53. The van der Waals surface area contributed by atoms with E-state index in [0.29, 0.717) is 5.56 Å². The Balaban J connectivity index is 3.27. The summed E-state index contributed by atoms with van der Waals surface area (Å²) in [5.41, 5.74) is 0.369. The predicted molar refractivity (Wildman–Crippen MR) is 47.5 cm³/mol. The molecular formula is C7H6ClFNO2S-. The van der Waals surface area contributed by atoms with Crippen LogP contribution >= 0.6 is 11.8 Å². The summed E-state index contributed by atoms with van der Waals surface area (Å²) in [5, 5.41) is 0. The van der Waals surface area contributed by atoms with Gasteiger partial charge in [0.25, 0.3) is 0 Å². The van der Waals surface area contributed by atoms with Crippen molar-refractivity contribution in [1.82, 2.24) is 0 Å². The summed E-state index contributed by atoms with van der Waals surface area (Å²) >= 11 is 4.83. The second-order valence-corrected chi connectivity index (χ2v) is 4.43. The van der Waals surface area contributed by atoms with Gasteiger partial charge >= 0.3 is 0 Å². The van der Waals surface area contributed by atoms with Gasteiger partial charge in [-0.05, 0) is 24.6 Å². The Labute approximate surface area is 80.7 Å². The van der Waals surface area contributed by atoms with Gasteiger partial charge < -0.3 is 4.24 Å². The van der Waals surface area contributed by atoms with E-state index in [1.807, 2.05) is 0 Å². The maximum absolute atomic E-state index is 12.9. The molecule has 0 unspecified atom stereocenters. The Morgan fingerprint density at radius 3 is 2.54 bits per heavy atom. The number of hydrogen-bond donors (Lipinski definition) is 0. The van der Waals surface area contributed by atoms with E-state index in [1.165, 1.54) is 19.1 Å². The average Bonchev–Trinajstić information content (AvgIpc) is 2.09. The highest BCUT2D eigenvalue weighted by atomic mass is 35.5. The maximum Gasteiger partial charge on any atom is 0.127 e. The Morgan fingerprint density at radius 2 is 2.08 bits per heavy atom. The molecule has 0 N–H and O–H groups in total. The normalized spacial score (nSPS) is 11.6. The second kappa shape index (κ2) is 3.61. The molecule has 0 saturated heterocycles. The van der Waals surface area contributed by atoms with E-state index in [1.54, 1.807) is 0 Å². The lowest BCUT2D eigenvalue weighted by atomic mass is 10.2. The molecular weight excluding hydrogens is 217 g/mol. The maximum atomic E-state index is 12.9. The Morgan fingerprint density at radius 1 is 1.46 bits per heavy atom. The molecule has 0 aliphatic carbocycles. The minimum atomic E-state index is -3.89. The van der Waals surface area contributed by atoms with Crippen molar-refractivity contribution < 1.29 is 12.8 Å². The predicted octanol–water partition coefficient (Wildman–Crippen LogP) is 2.35. The van der Waals surface area contributed by atoms with Crippen molar-refractivity contribution >= 4 is 21.8 Å². The molecule has 0 fully saturated rings. The SMILES string of the molecule is Cc1ccc(S(=O)(=O)[N-]Cl)cc1F. The molecule has 0 aliphatic rings. The minimum absolute atomic E-state index is 0.245. The van der Waals surface area contributed by atoms with Crippen LogP contribution in [0.5, 0.6) is 0 Å². The van der Waals surface area contributed by atoms with Gasteiger partial charge in [0.05, 0.1) is 4.90 Å². The van der Waals surface area contributed by atoms with E-state index in [-0.39, 0.29) is 4.90 Å². The largest absolute Gasteiger partial charge is 0.458 e. The van der Waals surface area contributed by atoms with Crippen LogP contribution in [0.4, 0.5) is 4.39 Å². The summed E-state index contributed by atoms with van der Waals surface area (Å²) < 4.78 is 37.5. The van der Waals surface area contributed by atoms with Gasteiger partial charge in [-0.1, -0.05) is 6.07 Å². The molecule has 1 rings (SSSR count). The molecule has 0 atom stereocenters. The van der Waals surface area contributed by atoms with E-state index in [0.717, 1.165) is 6.07 Å². The molecule has 0 spiro atoms. The molecule has 3 nitrogen and oxygen atoms in total. The quantitative estimate of drug-likeness (QED) is 0.771. The fourth-order valence-corrected chi connectivity index (χ4v) is 1.59. The smallest absolute Gasteiger partial charge is 0.127 e. The van der Waals surface area contributed by atoms with Gasteiger partial charge in [0, 0.05) is 0 Å². The van der Waals surface area contributed by atoms with E-state index >= 15 is 0 Å². The Bertz CT molecular complexity index is 419. The van der Waals surface area contributed by atoms with Crippen molar-refractivity contribution in [3.05, 3.63) is 33.8 Å². The average molecular weight is 223 g/mol. The van der Waals surface area contributed by atoms with Gasteiger partial charge in [-0.15, -0.1) is 0 Å². The fraction of sp³-hybridized carbons (Fsp3) is 0.143. The van der Waals surface area contributed by atoms with Crippen LogP contribution in [0.1, 0.15) is 5.56 Å². The number of halogens is 2. The highest BCUT2D eigenvalue weighted by Gasteiger charge is 2.06. The van der Waals surface area contributed by atoms with Crippen LogP contribution in [0.3, 0.4) is 0 Å². The first-order valence-corrected chi connectivity index (χ1v) is 5.09. The molecule has 0 aromatic heterocycles. The van der Waals surface area contributed by atoms with Gasteiger partial charge in [-0.3, -0.25) is 11.8 Å². The van der Waals surface area contributed by atoms with Crippen molar-refractivity contribution in [2.45, 2.75) is 11.8 Å². The van der Waals surface area contributed by atoms with E-state index in [9.17, 15) is 12.8 Å². The van der Waals surface area contributed by atoms with Gasteiger partial charge in [0.2, 0.25) is 0 Å². The Hall–Kier alpha value is -0.650. The monoisotopic (exact) mass is 222 g/mol.